The zero-order valence-electron chi connectivity index (χ0n) is 11.6. The first-order chi connectivity index (χ1) is 10.7. The second-order valence-corrected chi connectivity index (χ2v) is 5.82. The van der Waals surface area contributed by atoms with E-state index in [0.29, 0.717) is 17.1 Å². The number of fused-ring (bicyclic) bond motifs is 1. The van der Waals surface area contributed by atoms with E-state index in [-0.39, 0.29) is 5.91 Å². The maximum absolute atomic E-state index is 12.5. The summed E-state index contributed by atoms with van der Waals surface area (Å²) in [4.78, 5) is 12.5. The largest absolute Gasteiger partial charge is 0.352 e. The number of nitrogens with one attached hydrogen (secondary N) is 3. The number of hydrogen-bond donors (Lipinski definition) is 3. The maximum atomic E-state index is 12.5. The fourth-order valence-electron chi connectivity index (χ4n) is 2.74. The van der Waals surface area contributed by atoms with Crippen LogP contribution in [0.5, 0.6) is 0 Å². The van der Waals surface area contributed by atoms with Crippen LogP contribution in [-0.2, 0) is 4.79 Å². The van der Waals surface area contributed by atoms with Crippen molar-refractivity contribution < 1.29 is 4.79 Å². The highest BCUT2D eigenvalue weighted by atomic mass is 35.5. The minimum Gasteiger partial charge on any atom is -0.352 e. The van der Waals surface area contributed by atoms with Crippen LogP contribution in [0, 0.1) is 0 Å². The topological polar surface area (TPSA) is 65.5 Å². The van der Waals surface area contributed by atoms with Crippen LogP contribution in [-0.4, -0.2) is 17.3 Å². The highest BCUT2D eigenvalue weighted by molar-refractivity contribution is 6.31. The van der Waals surface area contributed by atoms with Crippen LogP contribution in [0.15, 0.2) is 53.6 Å². The summed E-state index contributed by atoms with van der Waals surface area (Å²) in [6.45, 7) is 0. The van der Waals surface area contributed by atoms with Crippen molar-refractivity contribution in [1.82, 2.24) is 5.43 Å². The van der Waals surface area contributed by atoms with E-state index in [1.165, 1.54) is 0 Å². The Morgan fingerprint density at radius 1 is 1.09 bits per heavy atom. The first-order valence-electron chi connectivity index (χ1n) is 6.95. The van der Waals surface area contributed by atoms with Gasteiger partial charge in [0.15, 0.2) is 0 Å². The van der Waals surface area contributed by atoms with E-state index in [1.54, 1.807) is 12.1 Å². The molecule has 0 radical (unpaired) electrons. The monoisotopic (exact) mass is 312 g/mol. The minimum absolute atomic E-state index is 0.169. The van der Waals surface area contributed by atoms with Gasteiger partial charge in [0.2, 0.25) is 5.66 Å². The molecule has 1 amide bonds. The summed E-state index contributed by atoms with van der Waals surface area (Å²) in [5.41, 5.74) is 5.36. The molecular weight excluding hydrogens is 300 g/mol. The zero-order chi connectivity index (χ0) is 15.2. The number of hydrogen-bond acceptors (Lipinski definition) is 4. The standard InChI is InChI=1S/C16H13ClN4O/c17-11-6-7-12-13(8-11)18-15(22)16(19-12)9-14(20-21-16)10-4-2-1-3-5-10/h1-8,19,21H,9H2,(H,18,22). The number of anilines is 2. The fraction of sp³-hybridized carbons (Fsp3) is 0.125. The normalized spacial score (nSPS) is 22.4. The van der Waals surface area contributed by atoms with Crippen LogP contribution in [0.3, 0.4) is 0 Å². The molecule has 1 unspecified atom stereocenters. The Labute approximate surface area is 132 Å². The molecule has 3 N–H and O–H groups in total. The van der Waals surface area contributed by atoms with Crippen LogP contribution in [0.2, 0.25) is 5.02 Å². The average molecular weight is 313 g/mol. The zero-order valence-corrected chi connectivity index (χ0v) is 12.3. The van der Waals surface area contributed by atoms with Crippen molar-refractivity contribution in [2.45, 2.75) is 12.1 Å². The van der Waals surface area contributed by atoms with Crippen molar-refractivity contribution in [1.29, 1.82) is 0 Å². The van der Waals surface area contributed by atoms with Crippen LogP contribution < -0.4 is 16.1 Å². The Morgan fingerprint density at radius 3 is 2.73 bits per heavy atom. The number of amides is 1. The second kappa shape index (κ2) is 4.74. The van der Waals surface area contributed by atoms with Gasteiger partial charge in [-0.1, -0.05) is 41.9 Å². The number of carbonyl (C=O) groups is 1. The average Bonchev–Trinajstić information content (AvgIpc) is 2.95. The van der Waals surface area contributed by atoms with Crippen LogP contribution in [0.25, 0.3) is 0 Å². The highest BCUT2D eigenvalue weighted by Gasteiger charge is 2.46. The van der Waals surface area contributed by atoms with Gasteiger partial charge in [0.25, 0.3) is 5.91 Å². The molecule has 1 atom stereocenters. The molecule has 6 heteroatoms. The first-order valence-corrected chi connectivity index (χ1v) is 7.32. The molecule has 0 aromatic heterocycles. The first kappa shape index (κ1) is 13.2. The van der Waals surface area contributed by atoms with Gasteiger partial charge in [-0.3, -0.25) is 10.2 Å². The van der Waals surface area contributed by atoms with Gasteiger partial charge in [0.05, 0.1) is 17.1 Å². The maximum Gasteiger partial charge on any atom is 0.272 e. The van der Waals surface area contributed by atoms with Gasteiger partial charge < -0.3 is 10.6 Å². The Balaban J connectivity index is 1.64. The van der Waals surface area contributed by atoms with Crippen LogP contribution in [0.1, 0.15) is 12.0 Å². The molecule has 2 aliphatic rings. The molecule has 2 aromatic rings. The highest BCUT2D eigenvalue weighted by Crippen LogP contribution is 2.35. The Hall–Kier alpha value is -2.53. The Kier molecular flexibility index (Phi) is 2.84. The minimum atomic E-state index is -0.952. The van der Waals surface area contributed by atoms with E-state index >= 15 is 0 Å². The molecule has 0 saturated carbocycles. The Morgan fingerprint density at radius 2 is 1.91 bits per heavy atom. The third-order valence-electron chi connectivity index (χ3n) is 3.89. The number of hydrazone groups is 1. The SMILES string of the molecule is O=C1Nc2cc(Cl)ccc2NC12CC(c1ccccc1)=NN2. The molecule has 4 rings (SSSR count). The molecule has 0 saturated heterocycles. The number of rotatable bonds is 1. The lowest BCUT2D eigenvalue weighted by Crippen LogP contribution is -2.58. The molecule has 1 spiro atoms. The Bertz CT molecular complexity index is 790. The summed E-state index contributed by atoms with van der Waals surface area (Å²) in [6.07, 6.45) is 0.463. The van der Waals surface area contributed by atoms with Crippen molar-refractivity contribution in [2.75, 3.05) is 10.6 Å². The molecule has 2 aliphatic heterocycles. The fourth-order valence-corrected chi connectivity index (χ4v) is 2.91. The summed E-state index contributed by atoms with van der Waals surface area (Å²) < 4.78 is 0. The number of nitrogens with zero attached hydrogens (tertiary/aromatic N) is 1. The number of benzene rings is 2. The van der Waals surface area contributed by atoms with Crippen molar-refractivity contribution in [3.05, 3.63) is 59.1 Å². The molecular formula is C16H13ClN4O. The molecule has 2 aromatic carbocycles. The lowest BCUT2D eigenvalue weighted by Gasteiger charge is -2.35. The van der Waals surface area contributed by atoms with Crippen molar-refractivity contribution in [2.24, 2.45) is 5.10 Å². The van der Waals surface area contributed by atoms with E-state index in [9.17, 15) is 4.79 Å². The van der Waals surface area contributed by atoms with E-state index in [1.807, 2.05) is 36.4 Å². The third kappa shape index (κ3) is 2.02. The molecule has 0 aliphatic carbocycles. The smallest absolute Gasteiger partial charge is 0.272 e. The predicted octanol–water partition coefficient (Wildman–Crippen LogP) is 2.80. The lowest BCUT2D eigenvalue weighted by molar-refractivity contribution is -0.121. The second-order valence-electron chi connectivity index (χ2n) is 5.39. The molecule has 2 heterocycles. The molecule has 0 fully saturated rings. The molecule has 110 valence electrons. The summed E-state index contributed by atoms with van der Waals surface area (Å²) in [5, 5.41) is 11.1. The molecule has 0 bridgehead atoms. The van der Waals surface area contributed by atoms with Gasteiger partial charge in [-0.25, -0.2) is 0 Å². The van der Waals surface area contributed by atoms with Gasteiger partial charge in [-0.15, -0.1) is 0 Å². The summed E-state index contributed by atoms with van der Waals surface area (Å²) in [7, 11) is 0. The summed E-state index contributed by atoms with van der Waals surface area (Å²) >= 11 is 5.96. The number of halogens is 1. The predicted molar refractivity (Wildman–Crippen MR) is 87.2 cm³/mol. The quantitative estimate of drug-likeness (QED) is 0.758. The summed E-state index contributed by atoms with van der Waals surface area (Å²) in [6, 6.07) is 15.2. The van der Waals surface area contributed by atoms with Crippen molar-refractivity contribution in [3.63, 3.8) is 0 Å². The van der Waals surface area contributed by atoms with Gasteiger partial charge in [-0.2, -0.15) is 5.10 Å². The van der Waals surface area contributed by atoms with E-state index in [2.05, 4.69) is 21.2 Å². The van der Waals surface area contributed by atoms with Gasteiger partial charge in [0.1, 0.15) is 0 Å². The lowest BCUT2D eigenvalue weighted by atomic mass is 9.96. The van der Waals surface area contributed by atoms with Gasteiger partial charge >= 0.3 is 0 Å². The van der Waals surface area contributed by atoms with E-state index in [4.69, 9.17) is 11.6 Å². The van der Waals surface area contributed by atoms with Crippen LogP contribution >= 0.6 is 11.6 Å². The van der Waals surface area contributed by atoms with E-state index in [0.717, 1.165) is 17.0 Å². The summed E-state index contributed by atoms with van der Waals surface area (Å²) in [5.74, 6) is -0.169. The molecule has 5 nitrogen and oxygen atoms in total. The molecule has 22 heavy (non-hydrogen) atoms. The van der Waals surface area contributed by atoms with E-state index < -0.39 is 5.66 Å². The van der Waals surface area contributed by atoms with Crippen molar-refractivity contribution >= 4 is 34.6 Å². The van der Waals surface area contributed by atoms with Crippen molar-refractivity contribution in [3.8, 4) is 0 Å². The number of carbonyl (C=O) groups excluding carboxylic acids is 1. The van der Waals surface area contributed by atoms with Crippen LogP contribution in [0.4, 0.5) is 11.4 Å². The third-order valence-corrected chi connectivity index (χ3v) is 4.12. The van der Waals surface area contributed by atoms with Gasteiger partial charge in [-0.05, 0) is 23.8 Å². The van der Waals surface area contributed by atoms with Gasteiger partial charge in [0, 0.05) is 11.4 Å².